The molecule has 7 nitrogen and oxygen atoms in total. The van der Waals surface area contributed by atoms with E-state index in [9.17, 15) is 20.0 Å². The molecule has 24 heavy (non-hydrogen) atoms. The monoisotopic (exact) mass is 329 g/mol. The zero-order chi connectivity index (χ0) is 17.5. The molecule has 1 atom stereocenters. The van der Waals surface area contributed by atoms with Gasteiger partial charge in [0.1, 0.15) is 5.69 Å². The van der Waals surface area contributed by atoms with E-state index in [1.807, 2.05) is 18.2 Å². The zero-order valence-corrected chi connectivity index (χ0v) is 13.2. The zero-order valence-electron chi connectivity index (χ0n) is 13.2. The van der Waals surface area contributed by atoms with Gasteiger partial charge in [0, 0.05) is 23.9 Å². The number of hydrogen-bond donors (Lipinski definition) is 3. The number of hydrogen-bond acceptors (Lipinski definition) is 5. The summed E-state index contributed by atoms with van der Waals surface area (Å²) in [5.41, 5.74) is 1.05. The molecule has 2 rings (SSSR count). The molecule has 7 heteroatoms. The molecule has 0 aliphatic carbocycles. The molecule has 2 aromatic rings. The molecule has 0 radical (unpaired) electrons. The largest absolute Gasteiger partial charge is 0.393 e. The summed E-state index contributed by atoms with van der Waals surface area (Å²) < 4.78 is 0. The van der Waals surface area contributed by atoms with E-state index in [1.54, 1.807) is 19.1 Å². The molecule has 0 saturated heterocycles. The van der Waals surface area contributed by atoms with E-state index in [-0.39, 0.29) is 11.3 Å². The van der Waals surface area contributed by atoms with Crippen LogP contribution in [0, 0.1) is 10.1 Å². The van der Waals surface area contributed by atoms with Gasteiger partial charge in [-0.05, 0) is 37.6 Å². The lowest BCUT2D eigenvalue weighted by molar-refractivity contribution is -0.383. The van der Waals surface area contributed by atoms with Crippen molar-refractivity contribution in [3.8, 4) is 0 Å². The number of carbonyl (C=O) groups excluding carboxylic acids is 1. The highest BCUT2D eigenvalue weighted by Crippen LogP contribution is 2.28. The van der Waals surface area contributed by atoms with Crippen LogP contribution in [0.5, 0.6) is 0 Å². The summed E-state index contributed by atoms with van der Waals surface area (Å²) in [4.78, 5) is 22.8. The predicted molar refractivity (Wildman–Crippen MR) is 91.5 cm³/mol. The van der Waals surface area contributed by atoms with Gasteiger partial charge in [0.25, 0.3) is 11.6 Å². The molecule has 126 valence electrons. The molecule has 3 N–H and O–H groups in total. The molecule has 0 fully saturated rings. The Kier molecular flexibility index (Phi) is 5.86. The van der Waals surface area contributed by atoms with Crippen LogP contribution in [0.15, 0.2) is 48.5 Å². The Bertz CT molecular complexity index is 717. The van der Waals surface area contributed by atoms with E-state index in [0.29, 0.717) is 18.7 Å². The first kappa shape index (κ1) is 17.4. The maximum atomic E-state index is 12.0. The summed E-state index contributed by atoms with van der Waals surface area (Å²) in [6, 6.07) is 13.3. The number of nitro groups is 1. The summed E-state index contributed by atoms with van der Waals surface area (Å²) in [6.45, 7) is 1.93. The van der Waals surface area contributed by atoms with Crippen LogP contribution in [0.1, 0.15) is 23.7 Å². The molecule has 1 amide bonds. The van der Waals surface area contributed by atoms with Crippen molar-refractivity contribution in [3.63, 3.8) is 0 Å². The number of aliphatic hydroxyl groups is 1. The lowest BCUT2D eigenvalue weighted by Gasteiger charge is -2.10. The number of carbonyl (C=O) groups is 1. The predicted octanol–water partition coefficient (Wildman–Crippen LogP) is 2.84. The smallest absolute Gasteiger partial charge is 0.293 e. The van der Waals surface area contributed by atoms with Crippen molar-refractivity contribution in [1.82, 2.24) is 5.32 Å². The van der Waals surface area contributed by atoms with Crippen LogP contribution in [-0.4, -0.2) is 28.6 Å². The average Bonchev–Trinajstić information content (AvgIpc) is 2.55. The maximum absolute atomic E-state index is 12.0. The number of nitrogens with one attached hydrogen (secondary N) is 2. The molecule has 2 aromatic carbocycles. The van der Waals surface area contributed by atoms with Gasteiger partial charge < -0.3 is 15.7 Å². The van der Waals surface area contributed by atoms with Crippen molar-refractivity contribution < 1.29 is 14.8 Å². The van der Waals surface area contributed by atoms with Crippen molar-refractivity contribution in [1.29, 1.82) is 0 Å². The first-order chi connectivity index (χ1) is 11.5. The Hall–Kier alpha value is -2.93. The second kappa shape index (κ2) is 8.07. The summed E-state index contributed by atoms with van der Waals surface area (Å²) in [7, 11) is 0. The van der Waals surface area contributed by atoms with Crippen molar-refractivity contribution in [2.45, 2.75) is 19.4 Å². The number of nitro benzene ring substituents is 1. The highest BCUT2D eigenvalue weighted by molar-refractivity contribution is 5.95. The van der Waals surface area contributed by atoms with Gasteiger partial charge in [-0.1, -0.05) is 18.2 Å². The average molecular weight is 329 g/mol. The van der Waals surface area contributed by atoms with Crippen LogP contribution in [0.25, 0.3) is 0 Å². The molecule has 0 bridgehead atoms. The van der Waals surface area contributed by atoms with E-state index in [1.165, 1.54) is 18.2 Å². The fourth-order valence-electron chi connectivity index (χ4n) is 2.10. The fourth-order valence-corrected chi connectivity index (χ4v) is 2.10. The van der Waals surface area contributed by atoms with Crippen LogP contribution in [0.4, 0.5) is 17.1 Å². The summed E-state index contributed by atoms with van der Waals surface area (Å²) >= 11 is 0. The molecule has 0 heterocycles. The highest BCUT2D eigenvalue weighted by atomic mass is 16.6. The minimum Gasteiger partial charge on any atom is -0.393 e. The fraction of sp³-hybridized carbons (Fsp3) is 0.235. The molecular formula is C17H19N3O4. The van der Waals surface area contributed by atoms with Gasteiger partial charge in [-0.25, -0.2) is 0 Å². The van der Waals surface area contributed by atoms with Crippen molar-refractivity contribution in [3.05, 3.63) is 64.2 Å². The molecule has 0 spiro atoms. The lowest BCUT2D eigenvalue weighted by atomic mass is 10.1. The Balaban J connectivity index is 2.17. The molecule has 1 unspecified atom stereocenters. The summed E-state index contributed by atoms with van der Waals surface area (Å²) in [6.07, 6.45) is -0.0985. The number of benzene rings is 2. The SMILES string of the molecule is CC(O)CCNC(=O)c1ccc(Nc2ccccc2)c([N+](=O)[O-])c1. The molecule has 0 saturated carbocycles. The van der Waals surface area contributed by atoms with Gasteiger partial charge in [-0.2, -0.15) is 0 Å². The minimum atomic E-state index is -0.530. The third-order valence-electron chi connectivity index (χ3n) is 3.36. The van der Waals surface area contributed by atoms with Crippen LogP contribution < -0.4 is 10.6 Å². The van der Waals surface area contributed by atoms with Crippen molar-refractivity contribution in [2.24, 2.45) is 0 Å². The third-order valence-corrected chi connectivity index (χ3v) is 3.36. The van der Waals surface area contributed by atoms with Crippen molar-refractivity contribution >= 4 is 23.0 Å². The quantitative estimate of drug-likeness (QED) is 0.535. The van der Waals surface area contributed by atoms with Gasteiger partial charge in [0.15, 0.2) is 0 Å². The van der Waals surface area contributed by atoms with Gasteiger partial charge in [0.2, 0.25) is 0 Å². The highest BCUT2D eigenvalue weighted by Gasteiger charge is 2.17. The number of aliphatic hydroxyl groups excluding tert-OH is 1. The Morgan fingerprint density at radius 1 is 1.25 bits per heavy atom. The van der Waals surface area contributed by atoms with Gasteiger partial charge in [-0.3, -0.25) is 14.9 Å². The van der Waals surface area contributed by atoms with Crippen LogP contribution in [0.3, 0.4) is 0 Å². The number of para-hydroxylation sites is 1. The van der Waals surface area contributed by atoms with Crippen LogP contribution in [0.2, 0.25) is 0 Å². The summed E-state index contributed by atoms with van der Waals surface area (Å²) in [5, 5.41) is 26.1. The van der Waals surface area contributed by atoms with E-state index in [2.05, 4.69) is 10.6 Å². The van der Waals surface area contributed by atoms with Crippen LogP contribution >= 0.6 is 0 Å². The first-order valence-electron chi connectivity index (χ1n) is 7.54. The number of rotatable bonds is 7. The van der Waals surface area contributed by atoms with E-state index < -0.39 is 16.9 Å². The van der Waals surface area contributed by atoms with Crippen molar-refractivity contribution in [2.75, 3.05) is 11.9 Å². The number of amides is 1. The Labute approximate surface area is 139 Å². The third kappa shape index (κ3) is 4.79. The molecule has 0 aliphatic heterocycles. The topological polar surface area (TPSA) is 104 Å². The van der Waals surface area contributed by atoms with Gasteiger partial charge >= 0.3 is 0 Å². The molecular weight excluding hydrogens is 310 g/mol. The second-order valence-electron chi connectivity index (χ2n) is 5.37. The number of anilines is 2. The normalized spacial score (nSPS) is 11.6. The number of nitrogens with zero attached hydrogens (tertiary/aromatic N) is 1. The Morgan fingerprint density at radius 2 is 1.96 bits per heavy atom. The lowest BCUT2D eigenvalue weighted by Crippen LogP contribution is -2.26. The van der Waals surface area contributed by atoms with Gasteiger partial charge in [-0.15, -0.1) is 0 Å². The molecule has 0 aromatic heterocycles. The standard InChI is InChI=1S/C17H19N3O4/c1-12(21)9-10-18-17(22)13-7-8-15(16(11-13)20(23)24)19-14-5-3-2-4-6-14/h2-8,11-12,19,21H,9-10H2,1H3,(H,18,22). The maximum Gasteiger partial charge on any atom is 0.293 e. The summed E-state index contributed by atoms with van der Waals surface area (Å²) in [5.74, 6) is -0.412. The second-order valence-corrected chi connectivity index (χ2v) is 5.37. The first-order valence-corrected chi connectivity index (χ1v) is 7.54. The van der Waals surface area contributed by atoms with Crippen LogP contribution in [-0.2, 0) is 0 Å². The van der Waals surface area contributed by atoms with E-state index in [4.69, 9.17) is 0 Å². The minimum absolute atomic E-state index is 0.179. The Morgan fingerprint density at radius 3 is 2.58 bits per heavy atom. The van der Waals surface area contributed by atoms with Gasteiger partial charge in [0.05, 0.1) is 11.0 Å². The van der Waals surface area contributed by atoms with E-state index >= 15 is 0 Å². The van der Waals surface area contributed by atoms with E-state index in [0.717, 1.165) is 5.69 Å². The molecule has 0 aliphatic rings.